The number of amides is 1. The molecule has 1 unspecified atom stereocenters. The van der Waals surface area contributed by atoms with Crippen LogP contribution in [-0.4, -0.2) is 67.3 Å². The Bertz CT molecular complexity index is 633. The number of carbonyl (C=O) groups excluding carboxylic acids is 1. The summed E-state index contributed by atoms with van der Waals surface area (Å²) in [5.41, 5.74) is 0.00999. The number of thiophene rings is 1. The van der Waals surface area contributed by atoms with Gasteiger partial charge in [-0.3, -0.25) is 9.69 Å². The van der Waals surface area contributed by atoms with E-state index in [-0.39, 0.29) is 5.60 Å². The Balaban J connectivity index is 1.27. The lowest BCUT2D eigenvalue weighted by molar-refractivity contribution is -0.145. The van der Waals surface area contributed by atoms with Crippen LogP contribution >= 0.6 is 11.3 Å². The highest BCUT2D eigenvalue weighted by Crippen LogP contribution is 2.39. The summed E-state index contributed by atoms with van der Waals surface area (Å²) in [5.74, 6) is 0.784. The molecule has 0 aliphatic carbocycles. The smallest absolute Gasteiger partial charge is 0.223 e. The minimum absolute atomic E-state index is 0.00999. The van der Waals surface area contributed by atoms with E-state index < -0.39 is 0 Å². The molecule has 1 atom stereocenters. The SMILES string of the molecule is Cc1ccc(CN2CCC3(CC2)CC(CC(=O)N2CCOCC2)CCO3)s1. The van der Waals surface area contributed by atoms with Gasteiger partial charge in [0.1, 0.15) is 0 Å². The maximum absolute atomic E-state index is 12.6. The molecule has 3 saturated heterocycles. The second kappa shape index (κ2) is 8.60. The summed E-state index contributed by atoms with van der Waals surface area (Å²) in [6.45, 7) is 9.12. The van der Waals surface area contributed by atoms with Crippen LogP contribution in [0.5, 0.6) is 0 Å². The van der Waals surface area contributed by atoms with Crippen molar-refractivity contribution in [2.45, 2.75) is 51.2 Å². The maximum Gasteiger partial charge on any atom is 0.223 e. The number of carbonyl (C=O) groups is 1. The van der Waals surface area contributed by atoms with E-state index in [1.165, 1.54) is 9.75 Å². The highest BCUT2D eigenvalue weighted by Gasteiger charge is 2.41. The van der Waals surface area contributed by atoms with E-state index in [0.29, 0.717) is 31.5 Å². The maximum atomic E-state index is 12.6. The van der Waals surface area contributed by atoms with E-state index in [9.17, 15) is 4.79 Å². The summed E-state index contributed by atoms with van der Waals surface area (Å²) in [4.78, 5) is 20.0. The molecule has 1 amide bonds. The molecule has 0 radical (unpaired) electrons. The number of nitrogens with zero attached hydrogens (tertiary/aromatic N) is 2. The van der Waals surface area contributed by atoms with Crippen molar-refractivity contribution in [3.05, 3.63) is 21.9 Å². The molecule has 0 N–H and O–H groups in total. The van der Waals surface area contributed by atoms with E-state index in [1.807, 2.05) is 16.2 Å². The third kappa shape index (κ3) is 4.91. The molecule has 3 aliphatic heterocycles. The molecule has 1 aromatic rings. The lowest BCUT2D eigenvalue weighted by Gasteiger charge is -2.46. The van der Waals surface area contributed by atoms with Gasteiger partial charge in [0.25, 0.3) is 0 Å². The molecule has 1 aromatic heterocycles. The third-order valence-corrected chi connectivity index (χ3v) is 7.35. The Morgan fingerprint density at radius 2 is 1.96 bits per heavy atom. The van der Waals surface area contributed by atoms with Crippen molar-refractivity contribution in [1.29, 1.82) is 0 Å². The van der Waals surface area contributed by atoms with Crippen LogP contribution in [-0.2, 0) is 20.8 Å². The third-order valence-electron chi connectivity index (χ3n) is 6.36. The molecule has 6 heteroatoms. The molecule has 3 fully saturated rings. The zero-order valence-corrected chi connectivity index (χ0v) is 17.3. The Hall–Kier alpha value is -0.950. The standard InChI is InChI=1S/C21H32N2O3S/c1-17-2-3-19(27-17)16-22-7-5-21(6-8-22)15-18(4-11-26-21)14-20(24)23-9-12-25-13-10-23/h2-3,18H,4-16H2,1H3. The van der Waals surface area contributed by atoms with Crippen LogP contribution in [0, 0.1) is 12.8 Å². The topological polar surface area (TPSA) is 42.0 Å². The lowest BCUT2D eigenvalue weighted by atomic mass is 9.78. The second-order valence-electron chi connectivity index (χ2n) is 8.38. The van der Waals surface area contributed by atoms with Crippen LogP contribution in [0.15, 0.2) is 12.1 Å². The first kappa shape index (κ1) is 19.4. The second-order valence-corrected chi connectivity index (χ2v) is 9.75. The van der Waals surface area contributed by atoms with Gasteiger partial charge >= 0.3 is 0 Å². The van der Waals surface area contributed by atoms with Crippen molar-refractivity contribution >= 4 is 17.2 Å². The van der Waals surface area contributed by atoms with Gasteiger partial charge in [-0.1, -0.05) is 0 Å². The highest BCUT2D eigenvalue weighted by atomic mass is 32.1. The average molecular weight is 393 g/mol. The predicted molar refractivity (Wildman–Crippen MR) is 107 cm³/mol. The molecule has 4 rings (SSSR count). The number of hydrogen-bond donors (Lipinski definition) is 0. The molecule has 5 nitrogen and oxygen atoms in total. The Morgan fingerprint density at radius 3 is 2.67 bits per heavy atom. The van der Waals surface area contributed by atoms with Gasteiger partial charge in [-0.15, -0.1) is 11.3 Å². The first-order chi connectivity index (χ1) is 13.1. The van der Waals surface area contributed by atoms with Crippen LogP contribution in [0.3, 0.4) is 0 Å². The Morgan fingerprint density at radius 1 is 1.19 bits per heavy atom. The van der Waals surface area contributed by atoms with Crippen molar-refractivity contribution in [3.63, 3.8) is 0 Å². The molecule has 3 aliphatic rings. The summed E-state index contributed by atoms with van der Waals surface area (Å²) in [7, 11) is 0. The number of rotatable bonds is 4. The van der Waals surface area contributed by atoms with E-state index in [1.54, 1.807) is 0 Å². The van der Waals surface area contributed by atoms with Crippen LogP contribution in [0.1, 0.15) is 41.9 Å². The number of morpholine rings is 1. The summed E-state index contributed by atoms with van der Waals surface area (Å²) in [6, 6.07) is 4.47. The Labute approximate surface area is 166 Å². The molecular weight excluding hydrogens is 360 g/mol. The summed E-state index contributed by atoms with van der Waals surface area (Å²) in [6.07, 6.45) is 4.95. The molecule has 27 heavy (non-hydrogen) atoms. The number of hydrogen-bond acceptors (Lipinski definition) is 5. The van der Waals surface area contributed by atoms with E-state index in [0.717, 1.165) is 65.0 Å². The van der Waals surface area contributed by atoms with Crippen molar-refractivity contribution in [2.75, 3.05) is 46.0 Å². The monoisotopic (exact) mass is 392 g/mol. The summed E-state index contributed by atoms with van der Waals surface area (Å²) < 4.78 is 11.7. The normalized spacial score (nSPS) is 26.4. The predicted octanol–water partition coefficient (Wildman–Crippen LogP) is 3.07. The van der Waals surface area contributed by atoms with Gasteiger partial charge in [0.15, 0.2) is 0 Å². The fraction of sp³-hybridized carbons (Fsp3) is 0.762. The van der Waals surface area contributed by atoms with Gasteiger partial charge in [-0.05, 0) is 50.7 Å². The van der Waals surface area contributed by atoms with Gasteiger partial charge in [-0.2, -0.15) is 0 Å². The fourth-order valence-electron chi connectivity index (χ4n) is 4.75. The van der Waals surface area contributed by atoms with Crippen LogP contribution < -0.4 is 0 Å². The van der Waals surface area contributed by atoms with Gasteiger partial charge < -0.3 is 14.4 Å². The summed E-state index contributed by atoms with van der Waals surface area (Å²) in [5, 5.41) is 0. The summed E-state index contributed by atoms with van der Waals surface area (Å²) >= 11 is 1.91. The zero-order chi connectivity index (χ0) is 18.7. The van der Waals surface area contributed by atoms with Crippen molar-refractivity contribution in [3.8, 4) is 0 Å². The number of aryl methyl sites for hydroxylation is 1. The van der Waals surface area contributed by atoms with Gasteiger partial charge in [0, 0.05) is 55.5 Å². The van der Waals surface area contributed by atoms with Crippen LogP contribution in [0.25, 0.3) is 0 Å². The van der Waals surface area contributed by atoms with Gasteiger partial charge in [-0.25, -0.2) is 0 Å². The molecule has 0 bridgehead atoms. The minimum Gasteiger partial charge on any atom is -0.378 e. The van der Waals surface area contributed by atoms with Gasteiger partial charge in [0.2, 0.25) is 5.91 Å². The first-order valence-electron chi connectivity index (χ1n) is 10.4. The minimum atomic E-state index is 0.00999. The molecule has 1 spiro atoms. The van der Waals surface area contributed by atoms with Crippen molar-refractivity contribution in [2.24, 2.45) is 5.92 Å². The van der Waals surface area contributed by atoms with Crippen LogP contribution in [0.2, 0.25) is 0 Å². The average Bonchev–Trinajstić information content (AvgIpc) is 3.09. The molecule has 4 heterocycles. The van der Waals surface area contributed by atoms with Crippen molar-refractivity contribution < 1.29 is 14.3 Å². The zero-order valence-electron chi connectivity index (χ0n) is 16.5. The number of likely N-dealkylation sites (tertiary alicyclic amines) is 1. The van der Waals surface area contributed by atoms with Crippen LogP contribution in [0.4, 0.5) is 0 Å². The van der Waals surface area contributed by atoms with E-state index >= 15 is 0 Å². The fourth-order valence-corrected chi connectivity index (χ4v) is 5.68. The molecule has 0 aromatic carbocycles. The molecule has 150 valence electrons. The van der Waals surface area contributed by atoms with Gasteiger partial charge in [0.05, 0.1) is 18.8 Å². The van der Waals surface area contributed by atoms with Crippen molar-refractivity contribution in [1.82, 2.24) is 9.80 Å². The largest absolute Gasteiger partial charge is 0.378 e. The number of piperidine rings is 1. The molecule has 0 saturated carbocycles. The van der Waals surface area contributed by atoms with E-state index in [2.05, 4.69) is 24.0 Å². The highest BCUT2D eigenvalue weighted by molar-refractivity contribution is 7.11. The lowest BCUT2D eigenvalue weighted by Crippen LogP contribution is -2.50. The first-order valence-corrected chi connectivity index (χ1v) is 11.2. The Kier molecular flexibility index (Phi) is 6.17. The van der Waals surface area contributed by atoms with E-state index in [4.69, 9.17) is 9.47 Å². The number of ether oxygens (including phenoxy) is 2. The molecular formula is C21H32N2O3S. The quantitative estimate of drug-likeness (QED) is 0.790.